The second kappa shape index (κ2) is 15.3. The van der Waals surface area contributed by atoms with Gasteiger partial charge in [0.1, 0.15) is 0 Å². The van der Waals surface area contributed by atoms with Crippen molar-refractivity contribution >= 4 is 7.26 Å². The summed E-state index contributed by atoms with van der Waals surface area (Å²) in [5.41, 5.74) is 0. The van der Waals surface area contributed by atoms with Crippen LogP contribution < -0.4 is 17.0 Å². The Balaban J connectivity index is 0. The Morgan fingerprint density at radius 1 is 0.474 bits per heavy atom. The van der Waals surface area contributed by atoms with Crippen molar-refractivity contribution in [2.45, 2.75) is 85.5 Å². The largest absolute Gasteiger partial charge is 1.00 e. The average Bonchev–Trinajstić information content (AvgIpc) is 2.40. The number of unbranched alkanes of at least 4 members (excludes halogenated alkanes) is 5. The van der Waals surface area contributed by atoms with Gasteiger partial charge in [-0.15, -0.1) is 0 Å². The minimum atomic E-state index is -0.575. The van der Waals surface area contributed by atoms with E-state index in [-0.39, 0.29) is 17.0 Å². The summed E-state index contributed by atoms with van der Waals surface area (Å²) in [6, 6.07) is 0. The summed E-state index contributed by atoms with van der Waals surface area (Å²) in [5, 5.41) is 0. The van der Waals surface area contributed by atoms with E-state index >= 15 is 0 Å². The number of halogens is 1. The lowest BCUT2D eigenvalue weighted by Gasteiger charge is -2.28. The first-order chi connectivity index (χ1) is 8.74. The first-order valence-electron chi connectivity index (χ1n) is 8.59. The standard InChI is InChI=1S/C17H38P.BrH/c1-5-9-13-17-18(14-10-6-2,15-11-7-3)16-12-8-4;/h5-17H2,1-4H3;1H/q+1;/p-1. The summed E-state index contributed by atoms with van der Waals surface area (Å²) in [5.74, 6) is 0. The Morgan fingerprint density at radius 3 is 1.11 bits per heavy atom. The van der Waals surface area contributed by atoms with Crippen LogP contribution >= 0.6 is 7.26 Å². The Bertz CT molecular complexity index is 149. The minimum absolute atomic E-state index is 0. The molecule has 0 saturated heterocycles. The van der Waals surface area contributed by atoms with E-state index in [0.717, 1.165) is 0 Å². The van der Waals surface area contributed by atoms with Crippen molar-refractivity contribution in [3.63, 3.8) is 0 Å². The van der Waals surface area contributed by atoms with Crippen LogP contribution in [-0.2, 0) is 0 Å². The van der Waals surface area contributed by atoms with Gasteiger partial charge in [-0.25, -0.2) is 0 Å². The van der Waals surface area contributed by atoms with Crippen molar-refractivity contribution < 1.29 is 17.0 Å². The van der Waals surface area contributed by atoms with Crippen LogP contribution in [0.1, 0.15) is 85.5 Å². The zero-order valence-electron chi connectivity index (χ0n) is 14.0. The Labute approximate surface area is 134 Å². The van der Waals surface area contributed by atoms with Gasteiger partial charge in [-0.3, -0.25) is 0 Å². The second-order valence-corrected chi connectivity index (χ2v) is 10.5. The molecule has 0 heterocycles. The van der Waals surface area contributed by atoms with E-state index < -0.39 is 7.26 Å². The van der Waals surface area contributed by atoms with Crippen LogP contribution in [0.2, 0.25) is 0 Å². The average molecular weight is 353 g/mol. The molecule has 19 heavy (non-hydrogen) atoms. The first kappa shape index (κ1) is 22.2. The van der Waals surface area contributed by atoms with Gasteiger partial charge < -0.3 is 17.0 Å². The highest BCUT2D eigenvalue weighted by Crippen LogP contribution is 2.61. The van der Waals surface area contributed by atoms with Gasteiger partial charge in [0.15, 0.2) is 0 Å². The quantitative estimate of drug-likeness (QED) is 0.351. The lowest BCUT2D eigenvalue weighted by Crippen LogP contribution is -3.00. The maximum Gasteiger partial charge on any atom is 0.0594 e. The summed E-state index contributed by atoms with van der Waals surface area (Å²) < 4.78 is 0. The monoisotopic (exact) mass is 352 g/mol. The van der Waals surface area contributed by atoms with Crippen LogP contribution in [0.25, 0.3) is 0 Å². The highest BCUT2D eigenvalue weighted by atomic mass is 79.9. The molecule has 0 aromatic rings. The van der Waals surface area contributed by atoms with Crippen molar-refractivity contribution in [1.29, 1.82) is 0 Å². The fraction of sp³-hybridized carbons (Fsp3) is 1.00. The third kappa shape index (κ3) is 11.3. The van der Waals surface area contributed by atoms with Crippen molar-refractivity contribution in [2.24, 2.45) is 0 Å². The second-order valence-electron chi connectivity index (χ2n) is 6.00. The summed E-state index contributed by atoms with van der Waals surface area (Å²) in [7, 11) is -0.575. The summed E-state index contributed by atoms with van der Waals surface area (Å²) in [6.07, 6.45) is 19.5. The van der Waals surface area contributed by atoms with Gasteiger partial charge in [0.25, 0.3) is 0 Å². The smallest absolute Gasteiger partial charge is 0.0594 e. The molecule has 0 unspecified atom stereocenters. The molecule has 0 atom stereocenters. The number of hydrogen-bond donors (Lipinski definition) is 0. The summed E-state index contributed by atoms with van der Waals surface area (Å²) in [6.45, 7) is 9.42. The van der Waals surface area contributed by atoms with Crippen LogP contribution in [0.4, 0.5) is 0 Å². The molecule has 0 aromatic carbocycles. The fourth-order valence-electron chi connectivity index (χ4n) is 2.85. The Hall–Kier alpha value is 0.910. The van der Waals surface area contributed by atoms with Gasteiger partial charge >= 0.3 is 0 Å². The highest BCUT2D eigenvalue weighted by Gasteiger charge is 2.34. The van der Waals surface area contributed by atoms with E-state index in [1.165, 1.54) is 57.8 Å². The molecular weight excluding hydrogens is 315 g/mol. The van der Waals surface area contributed by atoms with E-state index in [4.69, 9.17) is 0 Å². The molecule has 0 fully saturated rings. The molecule has 0 bridgehead atoms. The Morgan fingerprint density at radius 2 is 0.789 bits per heavy atom. The zero-order chi connectivity index (χ0) is 13.7. The van der Waals surface area contributed by atoms with Gasteiger partial charge in [-0.2, -0.15) is 0 Å². The summed E-state index contributed by atoms with van der Waals surface area (Å²) >= 11 is 0. The highest BCUT2D eigenvalue weighted by molar-refractivity contribution is 7.75. The van der Waals surface area contributed by atoms with Crippen LogP contribution in [0.15, 0.2) is 0 Å². The SMILES string of the molecule is CCCCC[P+](CCCC)(CCCC)CCCC.[Br-]. The molecule has 0 aliphatic carbocycles. The van der Waals surface area contributed by atoms with E-state index in [2.05, 4.69) is 27.7 Å². The van der Waals surface area contributed by atoms with Crippen LogP contribution in [0, 0.1) is 0 Å². The van der Waals surface area contributed by atoms with Crippen LogP contribution in [0.5, 0.6) is 0 Å². The fourth-order valence-corrected chi connectivity index (χ4v) is 8.05. The molecule has 0 aliphatic heterocycles. The third-order valence-corrected chi connectivity index (χ3v) is 9.25. The van der Waals surface area contributed by atoms with Crippen molar-refractivity contribution in [1.82, 2.24) is 0 Å². The lowest BCUT2D eigenvalue weighted by molar-refractivity contribution is -0.00000425. The molecule has 0 spiro atoms. The molecule has 118 valence electrons. The van der Waals surface area contributed by atoms with Crippen molar-refractivity contribution in [3.8, 4) is 0 Å². The molecule has 0 nitrogen and oxygen atoms in total. The van der Waals surface area contributed by atoms with Crippen LogP contribution in [-0.4, -0.2) is 24.6 Å². The summed E-state index contributed by atoms with van der Waals surface area (Å²) in [4.78, 5) is 0. The van der Waals surface area contributed by atoms with E-state index in [1.54, 1.807) is 24.6 Å². The van der Waals surface area contributed by atoms with Gasteiger partial charge in [-0.05, 0) is 25.7 Å². The lowest BCUT2D eigenvalue weighted by atomic mass is 10.3. The molecule has 0 N–H and O–H groups in total. The molecular formula is C17H38BrP. The molecule has 0 saturated carbocycles. The molecule has 0 rings (SSSR count). The maximum absolute atomic E-state index is 2.36. The van der Waals surface area contributed by atoms with Crippen molar-refractivity contribution in [3.05, 3.63) is 0 Å². The van der Waals surface area contributed by atoms with Gasteiger partial charge in [-0.1, -0.05) is 59.8 Å². The maximum atomic E-state index is 2.36. The predicted molar refractivity (Wildman–Crippen MR) is 90.6 cm³/mol. The molecule has 0 aliphatic rings. The minimum Gasteiger partial charge on any atom is -1.00 e. The van der Waals surface area contributed by atoms with Gasteiger partial charge in [0.2, 0.25) is 0 Å². The topological polar surface area (TPSA) is 0 Å². The molecule has 0 amide bonds. The molecule has 0 aromatic heterocycles. The van der Waals surface area contributed by atoms with Gasteiger partial charge in [0.05, 0.1) is 24.6 Å². The van der Waals surface area contributed by atoms with E-state index in [0.29, 0.717) is 0 Å². The molecule has 0 radical (unpaired) electrons. The predicted octanol–water partition coefficient (Wildman–Crippen LogP) is 3.60. The number of hydrogen-bond acceptors (Lipinski definition) is 0. The van der Waals surface area contributed by atoms with E-state index in [1.807, 2.05) is 0 Å². The first-order valence-corrected chi connectivity index (χ1v) is 11.1. The number of rotatable bonds is 13. The van der Waals surface area contributed by atoms with Crippen LogP contribution in [0.3, 0.4) is 0 Å². The van der Waals surface area contributed by atoms with Gasteiger partial charge in [0, 0.05) is 7.26 Å². The zero-order valence-corrected chi connectivity index (χ0v) is 16.5. The van der Waals surface area contributed by atoms with Crippen molar-refractivity contribution in [2.75, 3.05) is 24.6 Å². The van der Waals surface area contributed by atoms with E-state index in [9.17, 15) is 0 Å². The normalized spacial score (nSPS) is 11.4. The molecule has 2 heteroatoms. The Kier molecular flexibility index (Phi) is 17.9. The third-order valence-electron chi connectivity index (χ3n) is 4.19.